The van der Waals surface area contributed by atoms with E-state index in [9.17, 15) is 9.18 Å². The zero-order valence-electron chi connectivity index (χ0n) is 15.9. The summed E-state index contributed by atoms with van der Waals surface area (Å²) in [6.07, 6.45) is 5.07. The van der Waals surface area contributed by atoms with Crippen molar-refractivity contribution in [2.75, 3.05) is 36.9 Å². The highest BCUT2D eigenvalue weighted by Gasteiger charge is 2.27. The van der Waals surface area contributed by atoms with E-state index in [1.165, 1.54) is 18.5 Å². The van der Waals surface area contributed by atoms with Gasteiger partial charge in [-0.15, -0.1) is 0 Å². The predicted octanol–water partition coefficient (Wildman–Crippen LogP) is 2.68. The van der Waals surface area contributed by atoms with Crippen molar-refractivity contribution >= 4 is 40.0 Å². The number of aromatic amines is 1. The van der Waals surface area contributed by atoms with Crippen LogP contribution in [0.4, 0.5) is 15.9 Å². The lowest BCUT2D eigenvalue weighted by Crippen LogP contribution is -2.50. The van der Waals surface area contributed by atoms with E-state index in [0.717, 1.165) is 24.0 Å². The molecule has 1 aliphatic rings. The van der Waals surface area contributed by atoms with E-state index in [0.29, 0.717) is 24.4 Å². The van der Waals surface area contributed by atoms with Crippen molar-refractivity contribution in [3.63, 3.8) is 0 Å². The number of H-pyrrole nitrogens is 1. The van der Waals surface area contributed by atoms with Gasteiger partial charge in [0.15, 0.2) is 5.65 Å². The van der Waals surface area contributed by atoms with E-state index in [1.54, 1.807) is 12.3 Å². The second-order valence-electron chi connectivity index (χ2n) is 7.09. The number of amides is 1. The minimum atomic E-state index is -0.442. The molecule has 10 heteroatoms. The van der Waals surface area contributed by atoms with Crippen molar-refractivity contribution in [3.8, 4) is 0 Å². The number of carbonyl (C=O) groups is 1. The number of anilines is 2. The minimum absolute atomic E-state index is 0.0420. The Balaban J connectivity index is 1.41. The quantitative estimate of drug-likeness (QED) is 0.663. The van der Waals surface area contributed by atoms with Crippen molar-refractivity contribution in [2.45, 2.75) is 18.9 Å². The molecule has 2 N–H and O–H groups in total. The molecule has 8 nitrogen and oxygen atoms in total. The lowest BCUT2D eigenvalue weighted by Gasteiger charge is -2.38. The number of nitrogens with one attached hydrogen (secondary N) is 2. The summed E-state index contributed by atoms with van der Waals surface area (Å²) >= 11 is 5.86. The molecule has 29 heavy (non-hydrogen) atoms. The van der Waals surface area contributed by atoms with Crippen LogP contribution in [0.2, 0.25) is 5.02 Å². The number of rotatable bonds is 5. The fraction of sp³-hybridized carbons (Fsp3) is 0.368. The zero-order chi connectivity index (χ0) is 20.4. The van der Waals surface area contributed by atoms with E-state index < -0.39 is 5.82 Å². The lowest BCUT2D eigenvalue weighted by molar-refractivity contribution is -0.130. The van der Waals surface area contributed by atoms with Gasteiger partial charge in [-0.3, -0.25) is 9.89 Å². The first-order valence-corrected chi connectivity index (χ1v) is 9.73. The highest BCUT2D eigenvalue weighted by Crippen LogP contribution is 2.25. The number of carbonyl (C=O) groups excluding carboxylic acids is 1. The average molecular weight is 418 g/mol. The number of likely N-dealkylation sites (N-methyl/N-ethyl adjacent to an activating group) is 1. The summed E-state index contributed by atoms with van der Waals surface area (Å²) in [4.78, 5) is 25.2. The normalized spacial score (nSPS) is 16.8. The molecule has 0 radical (unpaired) electrons. The smallest absolute Gasteiger partial charge is 0.241 e. The third kappa shape index (κ3) is 4.24. The number of benzene rings is 1. The summed E-state index contributed by atoms with van der Waals surface area (Å²) in [5, 5.41) is 11.0. The number of nitrogens with zero attached hydrogens (tertiary/aromatic N) is 5. The van der Waals surface area contributed by atoms with E-state index in [-0.39, 0.29) is 23.5 Å². The molecule has 1 saturated heterocycles. The average Bonchev–Trinajstić information content (AvgIpc) is 3.20. The third-order valence-corrected chi connectivity index (χ3v) is 5.38. The maximum absolute atomic E-state index is 13.5. The largest absolute Gasteiger partial charge is 0.376 e. The van der Waals surface area contributed by atoms with Gasteiger partial charge in [-0.2, -0.15) is 5.10 Å². The van der Waals surface area contributed by atoms with Crippen LogP contribution < -0.4 is 10.2 Å². The SMILES string of the molecule is CN(c1ncnc2[nH]ncc12)[C@H]1CCCN(C(=O)CNc2cc(F)cc(Cl)c2)C1. The third-order valence-electron chi connectivity index (χ3n) is 5.16. The standard InChI is InChI=1S/C19H21ClFN7O/c1-27(19-16-8-25-26-18(16)23-11-24-19)15-3-2-4-28(10-15)17(29)9-22-14-6-12(20)5-13(21)7-14/h5-8,11,15,22H,2-4,9-10H2,1H3,(H,23,24,25,26)/t15-/m0/s1. The Kier molecular flexibility index (Phi) is 5.48. The van der Waals surface area contributed by atoms with Crippen LogP contribution in [-0.4, -0.2) is 63.7 Å². The van der Waals surface area contributed by atoms with E-state index in [2.05, 4.69) is 30.4 Å². The number of hydrogen-bond acceptors (Lipinski definition) is 6. The Hall–Kier alpha value is -2.94. The van der Waals surface area contributed by atoms with Crippen LogP contribution in [0, 0.1) is 5.82 Å². The fourth-order valence-electron chi connectivity index (χ4n) is 3.65. The van der Waals surface area contributed by atoms with E-state index >= 15 is 0 Å². The first-order valence-electron chi connectivity index (χ1n) is 9.36. The molecule has 3 heterocycles. The predicted molar refractivity (Wildman–Crippen MR) is 110 cm³/mol. The molecule has 152 valence electrons. The van der Waals surface area contributed by atoms with Crippen molar-refractivity contribution in [2.24, 2.45) is 0 Å². The number of fused-ring (bicyclic) bond motifs is 1. The Labute approximate surface area is 172 Å². The van der Waals surface area contributed by atoms with Crippen molar-refractivity contribution < 1.29 is 9.18 Å². The topological polar surface area (TPSA) is 90.0 Å². The lowest BCUT2D eigenvalue weighted by atomic mass is 10.0. The van der Waals surface area contributed by atoms with Crippen LogP contribution in [0.1, 0.15) is 12.8 Å². The molecule has 3 aromatic rings. The summed E-state index contributed by atoms with van der Waals surface area (Å²) in [6.45, 7) is 1.36. The van der Waals surface area contributed by atoms with Gasteiger partial charge >= 0.3 is 0 Å². The maximum atomic E-state index is 13.5. The Bertz CT molecular complexity index is 1010. The van der Waals surface area contributed by atoms with Gasteiger partial charge in [0.05, 0.1) is 18.1 Å². The van der Waals surface area contributed by atoms with Gasteiger partial charge in [-0.05, 0) is 31.0 Å². The van der Waals surface area contributed by atoms with Crippen LogP contribution in [0.5, 0.6) is 0 Å². The summed E-state index contributed by atoms with van der Waals surface area (Å²) in [5.41, 5.74) is 1.17. The van der Waals surface area contributed by atoms with Gasteiger partial charge in [-0.1, -0.05) is 11.6 Å². The van der Waals surface area contributed by atoms with Gasteiger partial charge in [-0.25, -0.2) is 14.4 Å². The van der Waals surface area contributed by atoms with Gasteiger partial charge in [0.2, 0.25) is 5.91 Å². The first kappa shape index (κ1) is 19.4. The van der Waals surface area contributed by atoms with Gasteiger partial charge in [0.25, 0.3) is 0 Å². The summed E-state index contributed by atoms with van der Waals surface area (Å²) in [5.74, 6) is 0.303. The number of hydrogen-bond donors (Lipinski definition) is 2. The van der Waals surface area contributed by atoms with Crippen LogP contribution in [0.25, 0.3) is 11.0 Å². The molecular formula is C19H21ClFN7O. The first-order chi connectivity index (χ1) is 14.0. The summed E-state index contributed by atoms with van der Waals surface area (Å²) in [7, 11) is 1.97. The fourth-order valence-corrected chi connectivity index (χ4v) is 3.87. The maximum Gasteiger partial charge on any atom is 0.241 e. The molecule has 2 aromatic heterocycles. The monoisotopic (exact) mass is 417 g/mol. The molecule has 1 amide bonds. The Morgan fingerprint density at radius 2 is 2.28 bits per heavy atom. The second kappa shape index (κ2) is 8.20. The number of aromatic nitrogens is 4. The summed E-state index contributed by atoms with van der Waals surface area (Å²) in [6, 6.07) is 4.26. The van der Waals surface area contributed by atoms with Crippen molar-refractivity contribution in [3.05, 3.63) is 41.6 Å². The molecule has 1 fully saturated rings. The van der Waals surface area contributed by atoms with Crippen molar-refractivity contribution in [1.29, 1.82) is 0 Å². The molecule has 1 aliphatic heterocycles. The Morgan fingerprint density at radius 3 is 3.10 bits per heavy atom. The molecular weight excluding hydrogens is 397 g/mol. The number of piperidine rings is 1. The zero-order valence-corrected chi connectivity index (χ0v) is 16.7. The van der Waals surface area contributed by atoms with Gasteiger partial charge in [0, 0.05) is 36.9 Å². The van der Waals surface area contributed by atoms with Crippen LogP contribution in [-0.2, 0) is 4.79 Å². The minimum Gasteiger partial charge on any atom is -0.376 e. The molecule has 0 unspecified atom stereocenters. The number of likely N-dealkylation sites (tertiary alicyclic amines) is 1. The molecule has 0 saturated carbocycles. The summed E-state index contributed by atoms with van der Waals surface area (Å²) < 4.78 is 13.5. The molecule has 0 bridgehead atoms. The van der Waals surface area contributed by atoms with Gasteiger partial charge in [0.1, 0.15) is 18.0 Å². The molecule has 0 spiro atoms. The number of halogens is 2. The Morgan fingerprint density at radius 1 is 1.41 bits per heavy atom. The van der Waals surface area contributed by atoms with Crippen molar-refractivity contribution in [1.82, 2.24) is 25.1 Å². The van der Waals surface area contributed by atoms with Crippen LogP contribution >= 0.6 is 11.6 Å². The highest BCUT2D eigenvalue weighted by molar-refractivity contribution is 6.30. The molecule has 4 rings (SSSR count). The molecule has 1 atom stereocenters. The molecule has 0 aliphatic carbocycles. The van der Waals surface area contributed by atoms with E-state index in [4.69, 9.17) is 11.6 Å². The highest BCUT2D eigenvalue weighted by atomic mass is 35.5. The van der Waals surface area contributed by atoms with Crippen LogP contribution in [0.3, 0.4) is 0 Å². The molecule has 1 aromatic carbocycles. The second-order valence-corrected chi connectivity index (χ2v) is 7.52. The van der Waals surface area contributed by atoms with E-state index in [1.807, 2.05) is 11.9 Å². The van der Waals surface area contributed by atoms with Crippen LogP contribution in [0.15, 0.2) is 30.7 Å². The van der Waals surface area contributed by atoms with Gasteiger partial charge < -0.3 is 15.1 Å².